The Morgan fingerprint density at radius 2 is 1.43 bits per heavy atom. The van der Waals surface area contributed by atoms with Gasteiger partial charge in [0.1, 0.15) is 0 Å². The maximum Gasteiger partial charge on any atom is -0.0291 e. The summed E-state index contributed by atoms with van der Waals surface area (Å²) < 4.78 is 0. The van der Waals surface area contributed by atoms with Crippen LogP contribution in [0.4, 0.5) is 0 Å². The maximum absolute atomic E-state index is 2.04. The van der Waals surface area contributed by atoms with E-state index in [2.05, 4.69) is 0 Å². The number of allylic oxidation sites excluding steroid dienone is 2. The van der Waals surface area contributed by atoms with Crippen LogP contribution in [0, 0.1) is 0 Å². The first kappa shape index (κ1) is 6.83. The average Bonchev–Trinajstić information content (AvgIpc) is 1.69. The van der Waals surface area contributed by atoms with E-state index >= 15 is 0 Å². The molecule has 0 aliphatic rings. The van der Waals surface area contributed by atoms with Crippen LogP contribution in [0.1, 0.15) is 13.8 Å². The highest BCUT2D eigenvalue weighted by Gasteiger charge is 1.61. The van der Waals surface area contributed by atoms with Crippen LogP contribution in [0.3, 0.4) is 0 Å². The highest BCUT2D eigenvalue weighted by Crippen LogP contribution is 2.01. The summed E-state index contributed by atoms with van der Waals surface area (Å²) in [6, 6.07) is 0. The molecule has 0 saturated carbocycles. The molecule has 0 aromatic heterocycles. The van der Waals surface area contributed by atoms with E-state index in [-0.39, 0.29) is 0 Å². The quantitative estimate of drug-likeness (QED) is 0.532. The first-order valence-electron chi connectivity index (χ1n) is 2.29. The molecular formula is C6H10S. The maximum atomic E-state index is 2.04. The smallest absolute Gasteiger partial charge is 0.0291 e. The van der Waals surface area contributed by atoms with Crippen molar-refractivity contribution < 1.29 is 0 Å². The number of thioether (sulfide) groups is 1. The zero-order valence-corrected chi connectivity index (χ0v) is 5.53. The summed E-state index contributed by atoms with van der Waals surface area (Å²) in [5.41, 5.74) is 0. The largest absolute Gasteiger partial charge is 0.107 e. The minimum absolute atomic E-state index is 1.69. The van der Waals surface area contributed by atoms with Crippen LogP contribution in [0.5, 0.6) is 0 Å². The highest BCUT2D eigenvalue weighted by atomic mass is 32.2. The van der Waals surface area contributed by atoms with Gasteiger partial charge < -0.3 is 0 Å². The molecule has 0 rings (SSSR count). The van der Waals surface area contributed by atoms with Gasteiger partial charge in [0.25, 0.3) is 0 Å². The number of hydrogen-bond donors (Lipinski definition) is 0. The molecule has 0 aliphatic heterocycles. The Balaban J connectivity index is 2.98. The van der Waals surface area contributed by atoms with Crippen molar-refractivity contribution in [1.29, 1.82) is 0 Å². The van der Waals surface area contributed by atoms with Gasteiger partial charge in [-0.2, -0.15) is 0 Å². The van der Waals surface area contributed by atoms with Gasteiger partial charge in [-0.15, -0.1) is 11.8 Å². The SMILES string of the molecule is C/C=C/S/C=C/C. The van der Waals surface area contributed by atoms with Crippen LogP contribution in [-0.4, -0.2) is 0 Å². The summed E-state index contributed by atoms with van der Waals surface area (Å²) in [5, 5.41) is 4.08. The van der Waals surface area contributed by atoms with Gasteiger partial charge in [-0.1, -0.05) is 12.2 Å². The van der Waals surface area contributed by atoms with Gasteiger partial charge in [-0.05, 0) is 24.7 Å². The number of rotatable bonds is 2. The van der Waals surface area contributed by atoms with E-state index in [0.29, 0.717) is 0 Å². The molecule has 0 amide bonds. The van der Waals surface area contributed by atoms with E-state index in [4.69, 9.17) is 0 Å². The van der Waals surface area contributed by atoms with Gasteiger partial charge in [0.15, 0.2) is 0 Å². The van der Waals surface area contributed by atoms with Gasteiger partial charge in [0, 0.05) is 0 Å². The molecule has 0 atom stereocenters. The predicted octanol–water partition coefficient (Wildman–Crippen LogP) is 2.79. The fourth-order valence-corrected chi connectivity index (χ4v) is 0.607. The summed E-state index contributed by atoms with van der Waals surface area (Å²) in [5.74, 6) is 0. The van der Waals surface area contributed by atoms with E-state index in [1.165, 1.54) is 0 Å². The van der Waals surface area contributed by atoms with Crippen LogP contribution in [0.15, 0.2) is 23.0 Å². The highest BCUT2D eigenvalue weighted by molar-refractivity contribution is 8.04. The first-order chi connectivity index (χ1) is 3.41. The molecule has 0 unspecified atom stereocenters. The van der Waals surface area contributed by atoms with Crippen molar-refractivity contribution in [2.45, 2.75) is 13.8 Å². The van der Waals surface area contributed by atoms with Gasteiger partial charge in [-0.25, -0.2) is 0 Å². The molecule has 40 valence electrons. The summed E-state index contributed by atoms with van der Waals surface area (Å²) in [4.78, 5) is 0. The molecule has 0 aromatic carbocycles. The molecule has 0 N–H and O–H groups in total. The average molecular weight is 114 g/mol. The van der Waals surface area contributed by atoms with Crippen molar-refractivity contribution in [1.82, 2.24) is 0 Å². The zero-order valence-electron chi connectivity index (χ0n) is 4.72. The second-order valence-electron chi connectivity index (χ2n) is 1.07. The van der Waals surface area contributed by atoms with Crippen molar-refractivity contribution in [2.24, 2.45) is 0 Å². The van der Waals surface area contributed by atoms with Crippen LogP contribution in [-0.2, 0) is 0 Å². The van der Waals surface area contributed by atoms with Crippen molar-refractivity contribution in [3.8, 4) is 0 Å². The minimum atomic E-state index is 1.69. The third-order valence-corrected chi connectivity index (χ3v) is 1.29. The second kappa shape index (κ2) is 5.83. The monoisotopic (exact) mass is 114 g/mol. The molecule has 0 fully saturated rings. The van der Waals surface area contributed by atoms with Gasteiger partial charge in [0.05, 0.1) is 0 Å². The molecule has 0 aromatic rings. The molecule has 0 radical (unpaired) electrons. The Kier molecular flexibility index (Phi) is 5.69. The molecule has 0 nitrogen and oxygen atoms in total. The Morgan fingerprint density at radius 1 is 1.00 bits per heavy atom. The van der Waals surface area contributed by atoms with Crippen LogP contribution in [0.2, 0.25) is 0 Å². The zero-order chi connectivity index (χ0) is 5.54. The van der Waals surface area contributed by atoms with Crippen molar-refractivity contribution in [3.05, 3.63) is 23.0 Å². The second-order valence-corrected chi connectivity index (χ2v) is 1.89. The predicted molar refractivity (Wildman–Crippen MR) is 37.2 cm³/mol. The van der Waals surface area contributed by atoms with Gasteiger partial charge in [-0.3, -0.25) is 0 Å². The van der Waals surface area contributed by atoms with Crippen LogP contribution < -0.4 is 0 Å². The van der Waals surface area contributed by atoms with E-state index in [1.54, 1.807) is 11.8 Å². The van der Waals surface area contributed by atoms with E-state index < -0.39 is 0 Å². The topological polar surface area (TPSA) is 0 Å². The fourth-order valence-electron chi connectivity index (χ4n) is 0.202. The summed E-state index contributed by atoms with van der Waals surface area (Å²) >= 11 is 1.69. The Hall–Kier alpha value is -0.170. The lowest BCUT2D eigenvalue weighted by Gasteiger charge is -1.73. The lowest BCUT2D eigenvalue weighted by atomic mass is 10.8. The van der Waals surface area contributed by atoms with Gasteiger partial charge >= 0.3 is 0 Å². The Bertz CT molecular complexity index is 62.2. The Labute approximate surface area is 49.3 Å². The molecule has 0 aliphatic carbocycles. The molecule has 0 heterocycles. The molecule has 1 heteroatoms. The third-order valence-electron chi connectivity index (χ3n) is 0.429. The number of hydrogen-bond acceptors (Lipinski definition) is 1. The molecule has 0 saturated heterocycles. The normalized spacial score (nSPS) is 11.7. The van der Waals surface area contributed by atoms with E-state index in [1.807, 2.05) is 36.8 Å². The lowest BCUT2D eigenvalue weighted by Crippen LogP contribution is -1.39. The standard InChI is InChI=1S/C6H10S/c1-3-5-7-6-4-2/h3-6H,1-2H3/b5-3+,6-4+. The van der Waals surface area contributed by atoms with E-state index in [0.717, 1.165) is 0 Å². The van der Waals surface area contributed by atoms with E-state index in [9.17, 15) is 0 Å². The van der Waals surface area contributed by atoms with Gasteiger partial charge in [0.2, 0.25) is 0 Å². The lowest BCUT2D eigenvalue weighted by molar-refractivity contribution is 1.78. The Morgan fingerprint density at radius 3 is 1.71 bits per heavy atom. The van der Waals surface area contributed by atoms with Crippen molar-refractivity contribution >= 4 is 11.8 Å². The molecule has 0 bridgehead atoms. The summed E-state index contributed by atoms with van der Waals surface area (Å²) in [7, 11) is 0. The van der Waals surface area contributed by atoms with Crippen LogP contribution in [0.25, 0.3) is 0 Å². The van der Waals surface area contributed by atoms with Crippen molar-refractivity contribution in [3.63, 3.8) is 0 Å². The molecule has 0 spiro atoms. The summed E-state index contributed by atoms with van der Waals surface area (Å²) in [6.45, 7) is 4.02. The molecular weight excluding hydrogens is 104 g/mol. The van der Waals surface area contributed by atoms with Crippen LogP contribution >= 0.6 is 11.8 Å². The first-order valence-corrected chi connectivity index (χ1v) is 3.24. The minimum Gasteiger partial charge on any atom is -0.107 e. The fraction of sp³-hybridized carbons (Fsp3) is 0.333. The summed E-state index contributed by atoms with van der Waals surface area (Å²) in [6.07, 6.45) is 4.04. The molecule has 7 heavy (non-hydrogen) atoms. The van der Waals surface area contributed by atoms with Crippen molar-refractivity contribution in [2.75, 3.05) is 0 Å². The third kappa shape index (κ3) is 5.83.